The maximum absolute atomic E-state index is 12.6. The molecule has 0 fully saturated rings. The fourth-order valence-corrected chi connectivity index (χ4v) is 3.15. The number of aryl methyl sites for hydroxylation is 1. The number of H-pyrrole nitrogens is 1. The zero-order chi connectivity index (χ0) is 19.0. The molecule has 0 bridgehead atoms. The molecule has 0 saturated heterocycles. The van der Waals surface area contributed by atoms with Crippen LogP contribution in [0.3, 0.4) is 0 Å². The lowest BCUT2D eigenvalue weighted by atomic mass is 10.1. The smallest absolute Gasteiger partial charge is 0.275 e. The Bertz CT molecular complexity index is 1230. The van der Waals surface area contributed by atoms with Crippen molar-refractivity contribution < 1.29 is 4.92 Å². The zero-order valence-corrected chi connectivity index (χ0v) is 14.3. The van der Waals surface area contributed by atoms with Crippen LogP contribution in [0.1, 0.15) is 6.42 Å². The minimum Gasteiger partial charge on any atom is -0.347 e. The molecule has 4 rings (SSSR count). The van der Waals surface area contributed by atoms with Gasteiger partial charge >= 0.3 is 0 Å². The standard InChI is InChI=1S/C18H16N6O3/c19-5-1-7-23-10-13(12-3-2-11(24(26)27)8-16(12)23)17-18(25)22-15-9-20-6-4-14(15)21-17/h2-4,6,8-10H,1,5,7,19H2,(H,22,25). The summed E-state index contributed by atoms with van der Waals surface area (Å²) >= 11 is 0. The second kappa shape index (κ2) is 6.61. The summed E-state index contributed by atoms with van der Waals surface area (Å²) in [5, 5.41) is 11.9. The highest BCUT2D eigenvalue weighted by Crippen LogP contribution is 2.31. The quantitative estimate of drug-likeness (QED) is 0.412. The minimum absolute atomic E-state index is 0.00685. The number of rotatable bonds is 5. The summed E-state index contributed by atoms with van der Waals surface area (Å²) in [7, 11) is 0. The molecule has 0 spiro atoms. The first-order valence-electron chi connectivity index (χ1n) is 8.40. The third-order valence-electron chi connectivity index (χ3n) is 4.43. The lowest BCUT2D eigenvalue weighted by molar-refractivity contribution is -0.384. The van der Waals surface area contributed by atoms with E-state index in [2.05, 4.69) is 15.0 Å². The summed E-state index contributed by atoms with van der Waals surface area (Å²) in [5.74, 6) is 0. The fraction of sp³-hybridized carbons (Fsp3) is 0.167. The topological polar surface area (TPSA) is 133 Å². The number of aromatic nitrogens is 4. The van der Waals surface area contributed by atoms with Crippen LogP contribution in [-0.2, 0) is 6.54 Å². The van der Waals surface area contributed by atoms with Crippen molar-refractivity contribution in [3.05, 3.63) is 63.3 Å². The Morgan fingerprint density at radius 2 is 2.15 bits per heavy atom. The van der Waals surface area contributed by atoms with Crippen molar-refractivity contribution >= 4 is 27.6 Å². The molecule has 0 atom stereocenters. The van der Waals surface area contributed by atoms with Crippen molar-refractivity contribution in [2.75, 3.05) is 6.54 Å². The minimum atomic E-state index is -0.437. The Hall–Kier alpha value is -3.59. The molecule has 0 radical (unpaired) electrons. The van der Waals surface area contributed by atoms with Crippen molar-refractivity contribution in [1.82, 2.24) is 19.5 Å². The van der Waals surface area contributed by atoms with Gasteiger partial charge in [0.05, 0.1) is 27.7 Å². The van der Waals surface area contributed by atoms with E-state index in [0.29, 0.717) is 41.6 Å². The molecule has 0 aliphatic heterocycles. The van der Waals surface area contributed by atoms with Crippen LogP contribution in [0.15, 0.2) is 47.7 Å². The Morgan fingerprint density at radius 3 is 2.93 bits per heavy atom. The predicted octanol–water partition coefficient (Wildman–Crippen LogP) is 2.20. The summed E-state index contributed by atoms with van der Waals surface area (Å²) in [5.41, 5.74) is 7.98. The van der Waals surface area contributed by atoms with E-state index in [1.54, 1.807) is 30.7 Å². The summed E-state index contributed by atoms with van der Waals surface area (Å²) in [6.07, 6.45) is 5.65. The van der Waals surface area contributed by atoms with Crippen molar-refractivity contribution in [3.63, 3.8) is 0 Å². The largest absolute Gasteiger partial charge is 0.347 e. The number of aromatic amines is 1. The van der Waals surface area contributed by atoms with Crippen molar-refractivity contribution in [2.45, 2.75) is 13.0 Å². The van der Waals surface area contributed by atoms with E-state index in [1.807, 2.05) is 4.57 Å². The molecule has 4 aromatic rings. The molecule has 1 aromatic carbocycles. The zero-order valence-electron chi connectivity index (χ0n) is 14.3. The number of fused-ring (bicyclic) bond motifs is 2. The number of nitrogens with two attached hydrogens (primary N) is 1. The van der Waals surface area contributed by atoms with Gasteiger partial charge in [0.25, 0.3) is 11.2 Å². The van der Waals surface area contributed by atoms with Crippen LogP contribution in [-0.4, -0.2) is 31.0 Å². The van der Waals surface area contributed by atoms with Crippen molar-refractivity contribution in [1.29, 1.82) is 0 Å². The molecular formula is C18H16N6O3. The molecular weight excluding hydrogens is 348 g/mol. The van der Waals surface area contributed by atoms with Gasteiger partial charge in [0.15, 0.2) is 0 Å². The third-order valence-corrected chi connectivity index (χ3v) is 4.43. The van der Waals surface area contributed by atoms with Crippen molar-refractivity contribution in [2.24, 2.45) is 5.73 Å². The highest BCUT2D eigenvalue weighted by molar-refractivity contribution is 5.96. The average molecular weight is 364 g/mol. The number of non-ortho nitro benzene ring substituents is 1. The normalized spacial score (nSPS) is 11.3. The van der Waals surface area contributed by atoms with Gasteiger partial charge in [-0.2, -0.15) is 0 Å². The van der Waals surface area contributed by atoms with Gasteiger partial charge in [-0.25, -0.2) is 4.98 Å². The SMILES string of the molecule is NCCCn1cc(-c2nc3ccncc3[nH]c2=O)c2ccc([N+](=O)[O-])cc21. The van der Waals surface area contributed by atoms with Crippen LogP contribution < -0.4 is 11.3 Å². The van der Waals surface area contributed by atoms with Crippen LogP contribution >= 0.6 is 0 Å². The first-order valence-corrected chi connectivity index (χ1v) is 8.40. The van der Waals surface area contributed by atoms with Crippen LogP contribution in [0, 0.1) is 10.1 Å². The number of nitro groups is 1. The van der Waals surface area contributed by atoms with E-state index in [-0.39, 0.29) is 16.9 Å². The fourth-order valence-electron chi connectivity index (χ4n) is 3.15. The van der Waals surface area contributed by atoms with E-state index in [9.17, 15) is 14.9 Å². The van der Waals surface area contributed by atoms with Gasteiger partial charge in [-0.3, -0.25) is 19.9 Å². The van der Waals surface area contributed by atoms with Gasteiger partial charge in [0.2, 0.25) is 0 Å². The molecule has 3 N–H and O–H groups in total. The van der Waals surface area contributed by atoms with Crippen molar-refractivity contribution in [3.8, 4) is 11.3 Å². The second-order valence-electron chi connectivity index (χ2n) is 6.14. The van der Waals surface area contributed by atoms with E-state index in [0.717, 1.165) is 5.39 Å². The van der Waals surface area contributed by atoms with E-state index < -0.39 is 4.92 Å². The van der Waals surface area contributed by atoms with Gasteiger partial charge in [0, 0.05) is 42.0 Å². The summed E-state index contributed by atoms with van der Waals surface area (Å²) in [6, 6.07) is 6.31. The monoisotopic (exact) mass is 364 g/mol. The highest BCUT2D eigenvalue weighted by Gasteiger charge is 2.18. The predicted molar refractivity (Wildman–Crippen MR) is 101 cm³/mol. The van der Waals surface area contributed by atoms with E-state index in [4.69, 9.17) is 5.73 Å². The summed E-state index contributed by atoms with van der Waals surface area (Å²) in [6.45, 7) is 1.08. The molecule has 3 aromatic heterocycles. The number of benzene rings is 1. The number of nitro benzene ring substituents is 1. The molecule has 9 nitrogen and oxygen atoms in total. The van der Waals surface area contributed by atoms with Gasteiger partial charge in [0.1, 0.15) is 5.69 Å². The summed E-state index contributed by atoms with van der Waals surface area (Å²) < 4.78 is 1.88. The van der Waals surface area contributed by atoms with Gasteiger partial charge < -0.3 is 15.3 Å². The molecule has 9 heteroatoms. The second-order valence-corrected chi connectivity index (χ2v) is 6.14. The molecule has 136 valence electrons. The van der Waals surface area contributed by atoms with Gasteiger partial charge in [-0.15, -0.1) is 0 Å². The Kier molecular flexibility index (Phi) is 4.13. The molecule has 0 saturated carbocycles. The van der Waals surface area contributed by atoms with Gasteiger partial charge in [-0.05, 0) is 25.1 Å². The molecule has 0 aliphatic carbocycles. The summed E-state index contributed by atoms with van der Waals surface area (Å²) in [4.78, 5) is 34.6. The van der Waals surface area contributed by atoms with E-state index in [1.165, 1.54) is 12.1 Å². The lowest BCUT2D eigenvalue weighted by Crippen LogP contribution is -2.11. The molecule has 3 heterocycles. The van der Waals surface area contributed by atoms with Crippen LogP contribution in [0.5, 0.6) is 0 Å². The average Bonchev–Trinajstić information content (AvgIpc) is 3.03. The number of nitrogens with one attached hydrogen (secondary N) is 1. The van der Waals surface area contributed by atoms with Crippen LogP contribution in [0.4, 0.5) is 5.69 Å². The first-order chi connectivity index (χ1) is 13.1. The number of hydrogen-bond donors (Lipinski definition) is 2. The Morgan fingerprint density at radius 1 is 1.30 bits per heavy atom. The third kappa shape index (κ3) is 2.93. The van der Waals surface area contributed by atoms with E-state index >= 15 is 0 Å². The molecule has 27 heavy (non-hydrogen) atoms. The molecule has 0 unspecified atom stereocenters. The highest BCUT2D eigenvalue weighted by atomic mass is 16.6. The Balaban J connectivity index is 1.97. The maximum atomic E-state index is 12.6. The molecule has 0 aliphatic rings. The first kappa shape index (κ1) is 16.9. The lowest BCUT2D eigenvalue weighted by Gasteiger charge is -2.03. The molecule has 0 amide bonds. The van der Waals surface area contributed by atoms with Gasteiger partial charge in [-0.1, -0.05) is 0 Å². The van der Waals surface area contributed by atoms with Crippen LogP contribution in [0.25, 0.3) is 33.2 Å². The number of pyridine rings is 1. The van der Waals surface area contributed by atoms with Crippen LogP contribution in [0.2, 0.25) is 0 Å². The Labute approximate surface area is 152 Å². The number of hydrogen-bond acceptors (Lipinski definition) is 6. The number of nitrogens with zero attached hydrogens (tertiary/aromatic N) is 4. The maximum Gasteiger partial charge on any atom is 0.275 e.